The molecule has 2 rings (SSSR count). The van der Waals surface area contributed by atoms with Crippen LogP contribution in [0.1, 0.15) is 36.9 Å². The molecule has 0 spiro atoms. The van der Waals surface area contributed by atoms with E-state index < -0.39 is 0 Å². The first-order valence-corrected chi connectivity index (χ1v) is 8.11. The number of fused-ring (bicyclic) bond motifs is 1. The largest absolute Gasteiger partial charge is 0.350 e. The van der Waals surface area contributed by atoms with Gasteiger partial charge in [0, 0.05) is 11.2 Å². The van der Waals surface area contributed by atoms with Gasteiger partial charge in [-0.05, 0) is 35.4 Å². The minimum absolute atomic E-state index is 0.0965. The van der Waals surface area contributed by atoms with Gasteiger partial charge in [-0.25, -0.2) is 4.39 Å². The Morgan fingerprint density at radius 2 is 2.10 bits per heavy atom. The summed E-state index contributed by atoms with van der Waals surface area (Å²) in [5.41, 5.74) is 0.131. The highest BCUT2D eigenvalue weighted by molar-refractivity contribution is 7.20. The Hall–Kier alpha value is -1.13. The first-order chi connectivity index (χ1) is 9.74. The maximum absolute atomic E-state index is 13.1. The second-order valence-corrected chi connectivity index (χ2v) is 8.07. The Bertz CT molecular complexity index is 647. The van der Waals surface area contributed by atoms with Crippen LogP contribution in [0.25, 0.3) is 10.1 Å². The first kappa shape index (κ1) is 16.2. The number of hydrogen-bond donors (Lipinski definition) is 1. The quantitative estimate of drug-likeness (QED) is 0.802. The molecule has 114 valence electrons. The minimum atomic E-state index is -0.290. The molecule has 1 atom stereocenters. The summed E-state index contributed by atoms with van der Waals surface area (Å²) in [6.07, 6.45) is 0.826. The first-order valence-electron chi connectivity index (χ1n) is 6.86. The van der Waals surface area contributed by atoms with Gasteiger partial charge in [-0.2, -0.15) is 0 Å². The van der Waals surface area contributed by atoms with Gasteiger partial charge in [-0.15, -0.1) is 22.9 Å². The molecule has 0 aliphatic heterocycles. The van der Waals surface area contributed by atoms with Crippen LogP contribution < -0.4 is 5.32 Å². The van der Waals surface area contributed by atoms with Gasteiger partial charge in [-0.3, -0.25) is 4.79 Å². The lowest BCUT2D eigenvalue weighted by Crippen LogP contribution is -2.31. The van der Waals surface area contributed by atoms with E-state index in [1.54, 1.807) is 12.1 Å². The number of nitrogens with one attached hydrogen (secondary N) is 1. The summed E-state index contributed by atoms with van der Waals surface area (Å²) in [5, 5.41) is 3.62. The van der Waals surface area contributed by atoms with Crippen LogP contribution in [0.15, 0.2) is 24.3 Å². The molecule has 1 unspecified atom stereocenters. The highest BCUT2D eigenvalue weighted by Crippen LogP contribution is 2.27. The number of carbonyl (C=O) groups excluding carboxylic acids is 1. The summed E-state index contributed by atoms with van der Waals surface area (Å²) in [7, 11) is 0. The van der Waals surface area contributed by atoms with E-state index in [4.69, 9.17) is 11.6 Å². The molecular weight excluding hydrogens is 309 g/mol. The van der Waals surface area contributed by atoms with Crippen molar-refractivity contribution in [3.8, 4) is 0 Å². The highest BCUT2D eigenvalue weighted by atomic mass is 35.5. The Kier molecular flexibility index (Phi) is 4.89. The van der Waals surface area contributed by atoms with E-state index in [9.17, 15) is 9.18 Å². The predicted molar refractivity (Wildman–Crippen MR) is 87.8 cm³/mol. The molecule has 1 heterocycles. The van der Waals surface area contributed by atoms with Crippen LogP contribution in [0.2, 0.25) is 0 Å². The standard InChI is InChI=1S/C16H19ClFNOS/c1-16(2,3)8-11(17)9-19-15(20)14-6-10-4-5-12(18)7-13(10)21-14/h4-7,11H,8-9H2,1-3H3,(H,19,20). The molecule has 2 nitrogen and oxygen atoms in total. The van der Waals surface area contributed by atoms with Gasteiger partial charge in [0.1, 0.15) is 5.82 Å². The van der Waals surface area contributed by atoms with Crippen molar-refractivity contribution >= 4 is 38.9 Å². The summed E-state index contributed by atoms with van der Waals surface area (Å²) >= 11 is 7.52. The Balaban J connectivity index is 1.99. The normalized spacial score (nSPS) is 13.4. The van der Waals surface area contributed by atoms with Gasteiger partial charge in [0.05, 0.1) is 10.3 Å². The highest BCUT2D eigenvalue weighted by Gasteiger charge is 2.18. The fourth-order valence-electron chi connectivity index (χ4n) is 2.14. The molecule has 0 saturated heterocycles. The molecule has 0 radical (unpaired) electrons. The molecule has 1 N–H and O–H groups in total. The van der Waals surface area contributed by atoms with E-state index in [-0.39, 0.29) is 22.5 Å². The van der Waals surface area contributed by atoms with Gasteiger partial charge >= 0.3 is 0 Å². The summed E-state index contributed by atoms with van der Waals surface area (Å²) in [4.78, 5) is 12.7. The van der Waals surface area contributed by atoms with Crippen LogP contribution in [-0.2, 0) is 0 Å². The molecule has 0 fully saturated rings. The Labute approximate surface area is 133 Å². The van der Waals surface area contributed by atoms with Crippen LogP contribution in [-0.4, -0.2) is 17.8 Å². The zero-order chi connectivity index (χ0) is 15.6. The van der Waals surface area contributed by atoms with Crippen LogP contribution in [0, 0.1) is 11.2 Å². The summed E-state index contributed by atoms with van der Waals surface area (Å²) in [5.74, 6) is -0.446. The molecule has 1 aromatic heterocycles. The lowest BCUT2D eigenvalue weighted by molar-refractivity contribution is 0.0956. The van der Waals surface area contributed by atoms with Gasteiger partial charge < -0.3 is 5.32 Å². The van der Waals surface area contributed by atoms with Crippen molar-refractivity contribution in [2.45, 2.75) is 32.6 Å². The minimum Gasteiger partial charge on any atom is -0.350 e. The number of amides is 1. The number of benzene rings is 1. The molecule has 1 amide bonds. The summed E-state index contributed by atoms with van der Waals surface area (Å²) < 4.78 is 13.9. The van der Waals surface area contributed by atoms with Crippen molar-refractivity contribution < 1.29 is 9.18 Å². The van der Waals surface area contributed by atoms with E-state index in [1.807, 2.05) is 0 Å². The van der Waals surface area contributed by atoms with Gasteiger partial charge in [-0.1, -0.05) is 26.8 Å². The van der Waals surface area contributed by atoms with Crippen LogP contribution in [0.5, 0.6) is 0 Å². The average molecular weight is 328 g/mol. The molecule has 0 aliphatic carbocycles. The fourth-order valence-corrected chi connectivity index (χ4v) is 3.69. The van der Waals surface area contributed by atoms with Crippen molar-refractivity contribution in [2.75, 3.05) is 6.54 Å². The van der Waals surface area contributed by atoms with Gasteiger partial charge in [0.2, 0.25) is 0 Å². The molecule has 0 aliphatic rings. The predicted octanol–water partition coefficient (Wildman–Crippen LogP) is 4.81. The Morgan fingerprint density at radius 3 is 2.76 bits per heavy atom. The van der Waals surface area contributed by atoms with Gasteiger partial charge in [0.15, 0.2) is 0 Å². The third kappa shape index (κ3) is 4.68. The van der Waals surface area contributed by atoms with Gasteiger partial charge in [0.25, 0.3) is 5.91 Å². The smallest absolute Gasteiger partial charge is 0.261 e. The van der Waals surface area contributed by atoms with Crippen molar-refractivity contribution in [3.63, 3.8) is 0 Å². The second-order valence-electron chi connectivity index (χ2n) is 6.36. The number of carbonyl (C=O) groups is 1. The zero-order valence-electron chi connectivity index (χ0n) is 12.4. The van der Waals surface area contributed by atoms with E-state index >= 15 is 0 Å². The van der Waals surface area contributed by atoms with E-state index in [1.165, 1.54) is 23.5 Å². The summed E-state index contributed by atoms with van der Waals surface area (Å²) in [6, 6.07) is 6.30. The van der Waals surface area contributed by atoms with Crippen molar-refractivity contribution in [1.82, 2.24) is 5.32 Å². The maximum atomic E-state index is 13.1. The fraction of sp³-hybridized carbons (Fsp3) is 0.438. The van der Waals surface area contributed by atoms with E-state index in [0.29, 0.717) is 11.4 Å². The van der Waals surface area contributed by atoms with Crippen LogP contribution in [0.3, 0.4) is 0 Å². The zero-order valence-corrected chi connectivity index (χ0v) is 13.9. The third-order valence-corrected chi connectivity index (χ3v) is 4.43. The average Bonchev–Trinajstić information content (AvgIpc) is 2.76. The molecule has 21 heavy (non-hydrogen) atoms. The number of hydrogen-bond acceptors (Lipinski definition) is 2. The van der Waals surface area contributed by atoms with Crippen LogP contribution >= 0.6 is 22.9 Å². The number of halogens is 2. The second kappa shape index (κ2) is 6.32. The monoisotopic (exact) mass is 327 g/mol. The molecule has 5 heteroatoms. The van der Waals surface area contributed by atoms with Crippen molar-refractivity contribution in [3.05, 3.63) is 35.0 Å². The SMILES string of the molecule is CC(C)(C)CC(Cl)CNC(=O)c1cc2ccc(F)cc2s1. The van der Waals surface area contributed by atoms with Crippen LogP contribution in [0.4, 0.5) is 4.39 Å². The topological polar surface area (TPSA) is 29.1 Å². The third-order valence-electron chi connectivity index (χ3n) is 3.02. The molecule has 1 aromatic carbocycles. The Morgan fingerprint density at radius 1 is 1.38 bits per heavy atom. The van der Waals surface area contributed by atoms with Crippen molar-refractivity contribution in [1.29, 1.82) is 0 Å². The van der Waals surface area contributed by atoms with Crippen molar-refractivity contribution in [2.24, 2.45) is 5.41 Å². The van der Waals surface area contributed by atoms with E-state index in [2.05, 4.69) is 26.1 Å². The summed E-state index contributed by atoms with van der Waals surface area (Å²) in [6.45, 7) is 6.78. The lowest BCUT2D eigenvalue weighted by Gasteiger charge is -2.21. The number of rotatable bonds is 4. The number of thiophene rings is 1. The molecule has 0 bridgehead atoms. The molecular formula is C16H19ClFNOS. The van der Waals surface area contributed by atoms with E-state index in [0.717, 1.165) is 16.5 Å². The molecule has 0 saturated carbocycles. The lowest BCUT2D eigenvalue weighted by atomic mass is 9.90. The molecule has 2 aromatic rings. The maximum Gasteiger partial charge on any atom is 0.261 e. The number of alkyl halides is 1.